The molecule has 0 radical (unpaired) electrons. The van der Waals surface area contributed by atoms with Crippen molar-refractivity contribution in [3.05, 3.63) is 59.9 Å². The summed E-state index contributed by atoms with van der Waals surface area (Å²) in [5, 5.41) is 20.5. The molecule has 3 rings (SSSR count). The highest BCUT2D eigenvalue weighted by Crippen LogP contribution is 2.33. The molecule has 2 aromatic rings. The van der Waals surface area contributed by atoms with Gasteiger partial charge in [0.2, 0.25) is 5.91 Å². The van der Waals surface area contributed by atoms with Crippen LogP contribution in [0, 0.1) is 5.92 Å². The summed E-state index contributed by atoms with van der Waals surface area (Å²) in [6.07, 6.45) is 6.74. The average Bonchev–Trinajstić information content (AvgIpc) is 2.69. The number of benzene rings is 1. The number of nitrogens with zero attached hydrogens (tertiary/aromatic N) is 1. The maximum atomic E-state index is 12.1. The van der Waals surface area contributed by atoms with Crippen molar-refractivity contribution in [3.8, 4) is 5.75 Å². The fourth-order valence-corrected chi connectivity index (χ4v) is 3.83. The third-order valence-electron chi connectivity index (χ3n) is 5.19. The summed E-state index contributed by atoms with van der Waals surface area (Å²) in [7, 11) is 0. The van der Waals surface area contributed by atoms with Crippen LogP contribution in [0.4, 0.5) is 0 Å². The summed E-state index contributed by atoms with van der Waals surface area (Å²) in [6.45, 7) is 4.34. The quantitative estimate of drug-likeness (QED) is 0.563. The van der Waals surface area contributed by atoms with E-state index in [1.807, 2.05) is 24.3 Å². The van der Waals surface area contributed by atoms with Crippen LogP contribution in [-0.4, -0.2) is 35.6 Å². The van der Waals surface area contributed by atoms with E-state index in [0.717, 1.165) is 31.6 Å². The highest BCUT2D eigenvalue weighted by atomic mass is 16.3. The molecule has 144 valence electrons. The zero-order valence-electron chi connectivity index (χ0n) is 15.7. The van der Waals surface area contributed by atoms with Crippen molar-refractivity contribution >= 4 is 5.91 Å². The molecule has 1 amide bonds. The fraction of sp³-hybridized carbons (Fsp3) is 0.429. The van der Waals surface area contributed by atoms with Crippen molar-refractivity contribution in [2.45, 2.75) is 31.8 Å². The molecule has 4 N–H and O–H groups in total. The molecule has 2 heterocycles. The number of phenols is 1. The summed E-state index contributed by atoms with van der Waals surface area (Å²) in [5.74, 6) is 0.623. The number of piperidine rings is 1. The van der Waals surface area contributed by atoms with E-state index in [4.69, 9.17) is 0 Å². The first-order chi connectivity index (χ1) is 13.1. The summed E-state index contributed by atoms with van der Waals surface area (Å²) < 4.78 is 0. The molecule has 1 atom stereocenters. The topological polar surface area (TPSA) is 86.3 Å². The second-order valence-electron chi connectivity index (χ2n) is 7.09. The Hall–Kier alpha value is -2.44. The van der Waals surface area contributed by atoms with Gasteiger partial charge in [-0.2, -0.15) is 0 Å². The van der Waals surface area contributed by atoms with E-state index in [9.17, 15) is 9.90 Å². The highest BCUT2D eigenvalue weighted by molar-refractivity contribution is 5.75. The van der Waals surface area contributed by atoms with Crippen LogP contribution >= 0.6 is 0 Å². The predicted molar refractivity (Wildman–Crippen MR) is 105 cm³/mol. The average molecular weight is 368 g/mol. The smallest absolute Gasteiger partial charge is 0.218 e. The van der Waals surface area contributed by atoms with Gasteiger partial charge in [0.1, 0.15) is 11.4 Å². The van der Waals surface area contributed by atoms with Gasteiger partial charge in [-0.25, -0.2) is 0 Å². The Bertz CT molecular complexity index is 747. The van der Waals surface area contributed by atoms with Crippen LogP contribution < -0.4 is 16.0 Å². The first-order valence-electron chi connectivity index (χ1n) is 9.55. The first kappa shape index (κ1) is 19.3. The highest BCUT2D eigenvalue weighted by Gasteiger charge is 2.37. The second-order valence-corrected chi connectivity index (χ2v) is 7.09. The number of hydrogen-bond donors (Lipinski definition) is 4. The molecule has 6 nitrogen and oxygen atoms in total. The number of para-hydroxylation sites is 1. The lowest BCUT2D eigenvalue weighted by Gasteiger charge is -2.37. The summed E-state index contributed by atoms with van der Waals surface area (Å²) in [6, 6.07) is 10.8. The lowest BCUT2D eigenvalue weighted by Crippen LogP contribution is -2.57. The minimum absolute atomic E-state index is 0.137. The van der Waals surface area contributed by atoms with Gasteiger partial charge >= 0.3 is 0 Å². The monoisotopic (exact) mass is 368 g/mol. The molecule has 1 aliphatic heterocycles. The van der Waals surface area contributed by atoms with Crippen LogP contribution in [0.1, 0.15) is 37.3 Å². The van der Waals surface area contributed by atoms with Gasteiger partial charge in [0.25, 0.3) is 0 Å². The number of nitrogens with one attached hydrogen (secondary N) is 3. The lowest BCUT2D eigenvalue weighted by molar-refractivity contribution is -0.120. The molecule has 1 saturated heterocycles. The Morgan fingerprint density at radius 3 is 2.59 bits per heavy atom. The van der Waals surface area contributed by atoms with Crippen LogP contribution in [0.15, 0.2) is 48.8 Å². The second kappa shape index (κ2) is 8.97. The maximum Gasteiger partial charge on any atom is 0.218 e. The number of aromatic nitrogens is 1. The van der Waals surface area contributed by atoms with Crippen molar-refractivity contribution in [2.75, 3.05) is 19.6 Å². The molecule has 1 aliphatic rings. The molecule has 0 spiro atoms. The van der Waals surface area contributed by atoms with Gasteiger partial charge in [-0.1, -0.05) is 18.2 Å². The minimum atomic E-state index is -1.01. The van der Waals surface area contributed by atoms with E-state index >= 15 is 0 Å². The summed E-state index contributed by atoms with van der Waals surface area (Å²) in [4.78, 5) is 16.2. The Morgan fingerprint density at radius 2 is 1.93 bits per heavy atom. The van der Waals surface area contributed by atoms with E-state index in [0.29, 0.717) is 11.5 Å². The van der Waals surface area contributed by atoms with E-state index in [1.54, 1.807) is 24.5 Å². The van der Waals surface area contributed by atoms with E-state index in [2.05, 4.69) is 20.9 Å². The van der Waals surface area contributed by atoms with Gasteiger partial charge in [0, 0.05) is 24.9 Å². The number of carbonyl (C=O) groups excluding carboxylic acids is 1. The molecule has 0 aliphatic carbocycles. The number of rotatable bonds is 7. The molecule has 1 fully saturated rings. The van der Waals surface area contributed by atoms with Crippen molar-refractivity contribution in [3.63, 3.8) is 0 Å². The van der Waals surface area contributed by atoms with Crippen LogP contribution in [0.5, 0.6) is 5.75 Å². The third kappa shape index (κ3) is 4.64. The van der Waals surface area contributed by atoms with Crippen molar-refractivity contribution < 1.29 is 9.90 Å². The zero-order valence-corrected chi connectivity index (χ0v) is 15.7. The zero-order chi connectivity index (χ0) is 19.1. The molecule has 1 aromatic heterocycles. The fourth-order valence-electron chi connectivity index (χ4n) is 3.83. The first-order valence-corrected chi connectivity index (χ1v) is 9.55. The Balaban J connectivity index is 1.93. The number of phenolic OH excluding ortho intramolecular Hbond substituents is 1. The van der Waals surface area contributed by atoms with Crippen LogP contribution in [0.3, 0.4) is 0 Å². The van der Waals surface area contributed by atoms with Gasteiger partial charge < -0.3 is 15.7 Å². The normalized spacial score (nSPS) is 17.2. The molecule has 0 bridgehead atoms. The largest absolute Gasteiger partial charge is 0.508 e. The van der Waals surface area contributed by atoms with Gasteiger partial charge in [0.05, 0.1) is 0 Å². The van der Waals surface area contributed by atoms with E-state index in [1.165, 1.54) is 19.8 Å². The van der Waals surface area contributed by atoms with Crippen LogP contribution in [0.2, 0.25) is 0 Å². The molecule has 6 heteroatoms. The maximum absolute atomic E-state index is 12.1. The number of pyridine rings is 1. The summed E-state index contributed by atoms with van der Waals surface area (Å²) >= 11 is 0. The van der Waals surface area contributed by atoms with E-state index < -0.39 is 5.66 Å². The predicted octanol–water partition coefficient (Wildman–Crippen LogP) is 2.10. The van der Waals surface area contributed by atoms with Crippen LogP contribution in [0.25, 0.3) is 0 Å². The van der Waals surface area contributed by atoms with Gasteiger partial charge in [-0.15, -0.1) is 0 Å². The Labute approximate surface area is 160 Å². The standard InChI is InChI=1S/C21H28N4O2/c1-16(26)25-21(18-9-13-23-14-10-18,19-4-2-3-5-20(19)27)24-15-8-17-6-11-22-12-7-17/h2-5,9-10,13-14,17,22,24,27H,6-8,11-12,15H2,1H3,(H,25,26). The number of hydrogen-bond acceptors (Lipinski definition) is 5. The molecule has 0 saturated carbocycles. The Kier molecular flexibility index (Phi) is 6.42. The summed E-state index contributed by atoms with van der Waals surface area (Å²) in [5.41, 5.74) is 0.448. The SMILES string of the molecule is CC(=O)NC(NCCC1CCNCC1)(c1ccncc1)c1ccccc1O. The minimum Gasteiger partial charge on any atom is -0.508 e. The van der Waals surface area contributed by atoms with Gasteiger partial charge in [-0.05, 0) is 68.6 Å². The molecule has 1 unspecified atom stereocenters. The molecule has 1 aromatic carbocycles. The number of carbonyl (C=O) groups is 1. The number of amides is 1. The Morgan fingerprint density at radius 1 is 1.22 bits per heavy atom. The van der Waals surface area contributed by atoms with Crippen molar-refractivity contribution in [1.29, 1.82) is 0 Å². The van der Waals surface area contributed by atoms with Crippen molar-refractivity contribution in [1.82, 2.24) is 20.9 Å². The van der Waals surface area contributed by atoms with Crippen LogP contribution in [-0.2, 0) is 10.5 Å². The molecular formula is C21H28N4O2. The van der Waals surface area contributed by atoms with Gasteiger partial charge in [-0.3, -0.25) is 15.1 Å². The van der Waals surface area contributed by atoms with E-state index in [-0.39, 0.29) is 11.7 Å². The molecular weight excluding hydrogens is 340 g/mol. The lowest BCUT2D eigenvalue weighted by atomic mass is 9.89. The van der Waals surface area contributed by atoms with Gasteiger partial charge in [0.15, 0.2) is 0 Å². The van der Waals surface area contributed by atoms with Crippen molar-refractivity contribution in [2.24, 2.45) is 5.92 Å². The third-order valence-corrected chi connectivity index (χ3v) is 5.19. The molecule has 27 heavy (non-hydrogen) atoms. The number of aromatic hydroxyl groups is 1.